The number of aromatic nitrogens is 2. The van der Waals surface area contributed by atoms with Crippen molar-refractivity contribution in [3.05, 3.63) is 79.3 Å². The fourth-order valence-electron chi connectivity index (χ4n) is 1.52. The largest absolute Gasteiger partial charge is 0.399 e. The van der Waals surface area contributed by atoms with Gasteiger partial charge < -0.3 is 5.73 Å². The van der Waals surface area contributed by atoms with E-state index >= 15 is 0 Å². The second kappa shape index (κ2) is 6.91. The molecule has 0 saturated heterocycles. The van der Waals surface area contributed by atoms with Gasteiger partial charge in [0.15, 0.2) is 0 Å². The number of para-hydroxylation sites is 1. The topological polar surface area (TPSA) is 51.8 Å². The van der Waals surface area contributed by atoms with E-state index in [1.807, 2.05) is 66.7 Å². The molecule has 3 aromatic rings. The summed E-state index contributed by atoms with van der Waals surface area (Å²) < 4.78 is 0. The maximum Gasteiger partial charge on any atom is 0.116 e. The van der Waals surface area contributed by atoms with Crippen molar-refractivity contribution in [3.63, 3.8) is 0 Å². The third-order valence-corrected chi connectivity index (χ3v) is 2.45. The van der Waals surface area contributed by atoms with Crippen LogP contribution in [0.1, 0.15) is 0 Å². The van der Waals surface area contributed by atoms with Crippen LogP contribution in [0.15, 0.2) is 79.3 Å². The minimum Gasteiger partial charge on any atom is -0.399 e. The quantitative estimate of drug-likeness (QED) is 0.672. The van der Waals surface area contributed by atoms with Crippen molar-refractivity contribution in [1.82, 2.24) is 9.97 Å². The molecule has 0 aliphatic carbocycles. The highest BCUT2D eigenvalue weighted by Crippen LogP contribution is 2.13. The highest BCUT2D eigenvalue weighted by molar-refractivity contribution is 5.57. The fourth-order valence-corrected chi connectivity index (χ4v) is 1.52. The van der Waals surface area contributed by atoms with Gasteiger partial charge in [-0.15, -0.1) is 0 Å². The zero-order valence-electron chi connectivity index (χ0n) is 10.5. The van der Waals surface area contributed by atoms with E-state index in [9.17, 15) is 0 Å². The van der Waals surface area contributed by atoms with Gasteiger partial charge in [-0.25, -0.2) is 9.97 Å². The molecule has 1 aromatic heterocycles. The highest BCUT2D eigenvalue weighted by atomic mass is 14.8. The summed E-state index contributed by atoms with van der Waals surface area (Å²) in [5.74, 6) is 0. The van der Waals surface area contributed by atoms with Crippen molar-refractivity contribution >= 4 is 5.69 Å². The lowest BCUT2D eigenvalue weighted by atomic mass is 10.1. The molecule has 3 nitrogen and oxygen atoms in total. The van der Waals surface area contributed by atoms with Crippen LogP contribution in [0.2, 0.25) is 0 Å². The van der Waals surface area contributed by atoms with E-state index in [2.05, 4.69) is 9.97 Å². The van der Waals surface area contributed by atoms with Crippen molar-refractivity contribution in [1.29, 1.82) is 0 Å². The molecule has 0 fully saturated rings. The van der Waals surface area contributed by atoms with Crippen molar-refractivity contribution in [2.24, 2.45) is 0 Å². The Balaban J connectivity index is 0.000000163. The van der Waals surface area contributed by atoms with Crippen LogP contribution in [0.25, 0.3) is 11.3 Å². The number of hydrogen-bond donors (Lipinski definition) is 1. The van der Waals surface area contributed by atoms with Crippen molar-refractivity contribution in [2.45, 2.75) is 0 Å². The molecule has 0 bridgehead atoms. The van der Waals surface area contributed by atoms with E-state index in [1.54, 1.807) is 12.5 Å². The van der Waals surface area contributed by atoms with Crippen LogP contribution in [0.3, 0.4) is 0 Å². The van der Waals surface area contributed by atoms with Crippen LogP contribution in [0, 0.1) is 0 Å². The minimum absolute atomic E-state index is 0.822. The minimum atomic E-state index is 0.822. The first-order valence-electron chi connectivity index (χ1n) is 5.98. The van der Waals surface area contributed by atoms with Gasteiger partial charge in [0.25, 0.3) is 0 Å². The number of nitrogens with zero attached hydrogens (tertiary/aromatic N) is 2. The summed E-state index contributed by atoms with van der Waals surface area (Å²) in [7, 11) is 0. The van der Waals surface area contributed by atoms with Gasteiger partial charge in [0.1, 0.15) is 6.33 Å². The molecule has 0 unspecified atom stereocenters. The summed E-state index contributed by atoms with van der Waals surface area (Å²) in [6, 6.07) is 21.4. The van der Waals surface area contributed by atoms with Gasteiger partial charge >= 0.3 is 0 Å². The Morgan fingerprint density at radius 1 is 0.737 bits per heavy atom. The van der Waals surface area contributed by atoms with Crippen LogP contribution in [-0.2, 0) is 0 Å². The number of anilines is 1. The predicted molar refractivity (Wildman–Crippen MR) is 78.3 cm³/mol. The summed E-state index contributed by atoms with van der Waals surface area (Å²) in [5.41, 5.74) is 8.27. The molecule has 3 rings (SSSR count). The fraction of sp³-hybridized carbons (Fsp3) is 0. The Labute approximate surface area is 112 Å². The third-order valence-electron chi connectivity index (χ3n) is 2.45. The molecule has 0 radical (unpaired) electrons. The molecule has 2 aromatic carbocycles. The number of rotatable bonds is 1. The number of hydrogen-bond acceptors (Lipinski definition) is 3. The smallest absolute Gasteiger partial charge is 0.116 e. The maximum atomic E-state index is 5.36. The normalized spacial score (nSPS) is 9.26. The first kappa shape index (κ1) is 12.8. The number of benzene rings is 2. The zero-order chi connectivity index (χ0) is 13.3. The molecular weight excluding hydrogens is 234 g/mol. The van der Waals surface area contributed by atoms with Crippen LogP contribution in [0.4, 0.5) is 5.69 Å². The van der Waals surface area contributed by atoms with E-state index < -0.39 is 0 Å². The van der Waals surface area contributed by atoms with Gasteiger partial charge in [-0.3, -0.25) is 0 Å². The summed E-state index contributed by atoms with van der Waals surface area (Å²) in [6.45, 7) is 0. The highest BCUT2D eigenvalue weighted by Gasteiger charge is 1.94. The van der Waals surface area contributed by atoms with Crippen molar-refractivity contribution in [3.8, 4) is 11.3 Å². The lowest BCUT2D eigenvalue weighted by Gasteiger charge is -1.96. The van der Waals surface area contributed by atoms with E-state index in [1.165, 1.54) is 0 Å². The molecule has 19 heavy (non-hydrogen) atoms. The molecule has 0 saturated carbocycles. The summed E-state index contributed by atoms with van der Waals surface area (Å²) >= 11 is 0. The molecule has 0 aliphatic rings. The molecule has 3 heteroatoms. The lowest BCUT2D eigenvalue weighted by molar-refractivity contribution is 1.17. The Kier molecular flexibility index (Phi) is 4.64. The molecule has 94 valence electrons. The SMILES string of the molecule is Nc1ccccc1.c1ccc(-c2ccncn2)cc1. The van der Waals surface area contributed by atoms with Crippen molar-refractivity contribution < 1.29 is 0 Å². The second-order valence-electron chi connectivity index (χ2n) is 3.87. The van der Waals surface area contributed by atoms with Gasteiger partial charge in [-0.1, -0.05) is 48.5 Å². The summed E-state index contributed by atoms with van der Waals surface area (Å²) in [6.07, 6.45) is 3.30. The standard InChI is InChI=1S/C10H8N2.C6H7N/c1-2-4-9(5-3-1)10-6-7-11-8-12-10;7-6-4-2-1-3-5-6/h1-8H;1-5H,7H2. The first-order chi connectivity index (χ1) is 9.36. The summed E-state index contributed by atoms with van der Waals surface area (Å²) in [5, 5.41) is 0. The molecular formula is C16H15N3. The second-order valence-corrected chi connectivity index (χ2v) is 3.87. The maximum absolute atomic E-state index is 5.36. The Morgan fingerprint density at radius 3 is 1.84 bits per heavy atom. The number of nitrogen functional groups attached to an aromatic ring is 1. The van der Waals surface area contributed by atoms with E-state index in [0.717, 1.165) is 16.9 Å². The van der Waals surface area contributed by atoms with E-state index in [4.69, 9.17) is 5.73 Å². The van der Waals surface area contributed by atoms with Gasteiger partial charge in [0, 0.05) is 17.4 Å². The van der Waals surface area contributed by atoms with E-state index in [0.29, 0.717) is 0 Å². The molecule has 0 amide bonds. The first-order valence-corrected chi connectivity index (χ1v) is 5.98. The third kappa shape index (κ3) is 4.24. The van der Waals surface area contributed by atoms with Gasteiger partial charge in [-0.2, -0.15) is 0 Å². The lowest BCUT2D eigenvalue weighted by Crippen LogP contribution is -1.82. The Hall–Kier alpha value is -2.68. The van der Waals surface area contributed by atoms with Crippen LogP contribution >= 0.6 is 0 Å². The Morgan fingerprint density at radius 2 is 1.37 bits per heavy atom. The zero-order valence-corrected chi connectivity index (χ0v) is 10.5. The van der Waals surface area contributed by atoms with Crippen LogP contribution < -0.4 is 5.73 Å². The molecule has 0 spiro atoms. The van der Waals surface area contributed by atoms with Crippen molar-refractivity contribution in [2.75, 3.05) is 5.73 Å². The molecule has 1 heterocycles. The summed E-state index contributed by atoms with van der Waals surface area (Å²) in [4.78, 5) is 8.00. The average Bonchev–Trinajstić information content (AvgIpc) is 2.51. The predicted octanol–water partition coefficient (Wildman–Crippen LogP) is 3.41. The Bertz CT molecular complexity index is 543. The molecule has 2 N–H and O–H groups in total. The van der Waals surface area contributed by atoms with E-state index in [-0.39, 0.29) is 0 Å². The van der Waals surface area contributed by atoms with Gasteiger partial charge in [-0.05, 0) is 18.2 Å². The molecule has 0 aliphatic heterocycles. The number of nitrogens with two attached hydrogens (primary N) is 1. The average molecular weight is 249 g/mol. The monoisotopic (exact) mass is 249 g/mol. The van der Waals surface area contributed by atoms with Gasteiger partial charge in [0.2, 0.25) is 0 Å². The van der Waals surface area contributed by atoms with Gasteiger partial charge in [0.05, 0.1) is 5.69 Å². The molecule has 0 atom stereocenters. The van der Waals surface area contributed by atoms with Crippen LogP contribution in [-0.4, -0.2) is 9.97 Å². The van der Waals surface area contributed by atoms with Crippen LogP contribution in [0.5, 0.6) is 0 Å².